The number of furan rings is 1. The molecule has 31 heavy (non-hydrogen) atoms. The summed E-state index contributed by atoms with van der Waals surface area (Å²) in [6, 6.07) is 16.0. The summed E-state index contributed by atoms with van der Waals surface area (Å²) >= 11 is 0. The van der Waals surface area contributed by atoms with Crippen molar-refractivity contribution in [3.05, 3.63) is 78.3 Å². The number of anilines is 1. The molecule has 0 fully saturated rings. The Morgan fingerprint density at radius 1 is 1.00 bits per heavy atom. The van der Waals surface area contributed by atoms with Gasteiger partial charge in [0, 0.05) is 17.9 Å². The number of carbonyl (C=O) groups excluding carboxylic acids is 1. The number of rotatable bonds is 11. The molecule has 0 bridgehead atoms. The molecule has 0 aliphatic rings. The van der Waals surface area contributed by atoms with Crippen LogP contribution in [0, 0.1) is 0 Å². The summed E-state index contributed by atoms with van der Waals surface area (Å²) in [4.78, 5) is 12.5. The first-order valence-corrected chi connectivity index (χ1v) is 11.2. The van der Waals surface area contributed by atoms with Gasteiger partial charge in [0.15, 0.2) is 0 Å². The number of ether oxygens (including phenoxy) is 2. The molecule has 1 heterocycles. The number of nitrogens with one attached hydrogen (secondary N) is 2. The highest BCUT2D eigenvalue weighted by molar-refractivity contribution is 7.89. The van der Waals surface area contributed by atoms with E-state index in [0.717, 1.165) is 0 Å². The highest BCUT2D eigenvalue weighted by atomic mass is 32.2. The molecule has 0 aliphatic heterocycles. The largest absolute Gasteiger partial charge is 0.491 e. The van der Waals surface area contributed by atoms with Crippen molar-refractivity contribution < 1.29 is 27.1 Å². The zero-order chi connectivity index (χ0) is 22.1. The molecule has 2 N–H and O–H groups in total. The second kappa shape index (κ2) is 10.8. The molecule has 1 amide bonds. The first-order chi connectivity index (χ1) is 15.0. The molecule has 0 unspecified atom stereocenters. The fourth-order valence-electron chi connectivity index (χ4n) is 2.65. The third kappa shape index (κ3) is 6.68. The predicted molar refractivity (Wildman–Crippen MR) is 116 cm³/mol. The van der Waals surface area contributed by atoms with Crippen LogP contribution in [-0.2, 0) is 21.3 Å². The van der Waals surface area contributed by atoms with Gasteiger partial charge in [-0.05, 0) is 67.6 Å². The minimum atomic E-state index is -3.70. The Balaban J connectivity index is 1.54. The lowest BCUT2D eigenvalue weighted by atomic mass is 10.2. The van der Waals surface area contributed by atoms with Crippen LogP contribution >= 0.6 is 0 Å². The zero-order valence-corrected chi connectivity index (χ0v) is 17.9. The van der Waals surface area contributed by atoms with E-state index in [1.807, 2.05) is 6.92 Å². The van der Waals surface area contributed by atoms with Crippen LogP contribution in [0.4, 0.5) is 5.69 Å². The van der Waals surface area contributed by atoms with E-state index in [1.54, 1.807) is 36.4 Å². The van der Waals surface area contributed by atoms with Crippen LogP contribution in [-0.4, -0.2) is 34.1 Å². The average Bonchev–Trinajstić information content (AvgIpc) is 3.30. The maximum Gasteiger partial charge on any atom is 0.255 e. The van der Waals surface area contributed by atoms with Crippen LogP contribution < -0.4 is 14.8 Å². The number of amides is 1. The first-order valence-electron chi connectivity index (χ1n) is 9.72. The Kier molecular flexibility index (Phi) is 7.82. The van der Waals surface area contributed by atoms with Crippen molar-refractivity contribution >= 4 is 21.6 Å². The van der Waals surface area contributed by atoms with Gasteiger partial charge < -0.3 is 19.2 Å². The standard InChI is InChI=1S/C22H24N2O6S/c1-2-28-14-15-30-19-9-5-17(6-10-19)22(25)24-18-7-11-21(12-8-18)31(26,27)23-16-20-4-3-13-29-20/h3-13,23H,2,14-16H2,1H3,(H,24,25). The number of hydrogen-bond acceptors (Lipinski definition) is 6. The summed E-state index contributed by atoms with van der Waals surface area (Å²) in [5.74, 6) is 0.846. The fraction of sp³-hybridized carbons (Fsp3) is 0.227. The fourth-order valence-corrected chi connectivity index (χ4v) is 3.64. The third-order valence-corrected chi connectivity index (χ3v) is 5.67. The second-order valence-electron chi connectivity index (χ2n) is 6.45. The van der Waals surface area contributed by atoms with Crippen molar-refractivity contribution in [1.82, 2.24) is 4.72 Å². The van der Waals surface area contributed by atoms with Gasteiger partial charge in [-0.25, -0.2) is 13.1 Å². The molecule has 9 heteroatoms. The van der Waals surface area contributed by atoms with Crippen LogP contribution in [0.5, 0.6) is 5.75 Å². The Morgan fingerprint density at radius 3 is 2.39 bits per heavy atom. The molecule has 0 aliphatic carbocycles. The van der Waals surface area contributed by atoms with Gasteiger partial charge in [0.2, 0.25) is 10.0 Å². The van der Waals surface area contributed by atoms with Crippen molar-refractivity contribution in [2.24, 2.45) is 0 Å². The van der Waals surface area contributed by atoms with Gasteiger partial charge in [0.05, 0.1) is 24.3 Å². The molecule has 0 saturated heterocycles. The van der Waals surface area contributed by atoms with Gasteiger partial charge in [0.1, 0.15) is 18.1 Å². The lowest BCUT2D eigenvalue weighted by Gasteiger charge is -2.09. The molecule has 164 valence electrons. The monoisotopic (exact) mass is 444 g/mol. The predicted octanol–water partition coefficient (Wildman–Crippen LogP) is 3.43. The Bertz CT molecular complexity index is 1060. The van der Waals surface area contributed by atoms with E-state index < -0.39 is 10.0 Å². The van der Waals surface area contributed by atoms with E-state index in [-0.39, 0.29) is 17.3 Å². The number of benzene rings is 2. The Hall–Kier alpha value is -3.14. The van der Waals surface area contributed by atoms with Gasteiger partial charge in [-0.3, -0.25) is 4.79 Å². The quantitative estimate of drug-likeness (QED) is 0.439. The number of hydrogen-bond donors (Lipinski definition) is 2. The molecule has 0 saturated carbocycles. The summed E-state index contributed by atoms with van der Waals surface area (Å²) < 4.78 is 43.0. The van der Waals surface area contributed by atoms with Crippen molar-refractivity contribution in [2.75, 3.05) is 25.1 Å². The first kappa shape index (κ1) is 22.5. The minimum absolute atomic E-state index is 0.0547. The average molecular weight is 445 g/mol. The molecule has 8 nitrogen and oxygen atoms in total. The van der Waals surface area contributed by atoms with Crippen LogP contribution in [0.2, 0.25) is 0 Å². The van der Waals surface area contributed by atoms with Crippen LogP contribution in [0.25, 0.3) is 0 Å². The van der Waals surface area contributed by atoms with Gasteiger partial charge in [-0.1, -0.05) is 0 Å². The zero-order valence-electron chi connectivity index (χ0n) is 17.0. The summed E-state index contributed by atoms with van der Waals surface area (Å²) in [5, 5.41) is 2.74. The van der Waals surface area contributed by atoms with E-state index in [2.05, 4.69) is 10.0 Å². The summed E-state index contributed by atoms with van der Waals surface area (Å²) in [7, 11) is -3.70. The summed E-state index contributed by atoms with van der Waals surface area (Å²) in [6.07, 6.45) is 1.48. The molecule has 3 aromatic rings. The maximum atomic E-state index is 12.4. The number of carbonyl (C=O) groups is 1. The molecule has 0 radical (unpaired) electrons. The Labute approximate surface area is 181 Å². The van der Waals surface area contributed by atoms with Crippen molar-refractivity contribution in [3.63, 3.8) is 0 Å². The number of sulfonamides is 1. The third-order valence-electron chi connectivity index (χ3n) is 4.26. The molecule has 2 aromatic carbocycles. The van der Waals surface area contributed by atoms with E-state index in [9.17, 15) is 13.2 Å². The SMILES string of the molecule is CCOCCOc1ccc(C(=O)Nc2ccc(S(=O)(=O)NCc3ccco3)cc2)cc1. The van der Waals surface area contributed by atoms with Crippen molar-refractivity contribution in [3.8, 4) is 5.75 Å². The molecule has 0 atom stereocenters. The van der Waals surface area contributed by atoms with Gasteiger partial charge >= 0.3 is 0 Å². The second-order valence-corrected chi connectivity index (χ2v) is 8.22. The van der Waals surface area contributed by atoms with E-state index in [4.69, 9.17) is 13.9 Å². The van der Waals surface area contributed by atoms with Gasteiger partial charge in [-0.15, -0.1) is 0 Å². The van der Waals surface area contributed by atoms with E-state index >= 15 is 0 Å². The molecular weight excluding hydrogens is 420 g/mol. The minimum Gasteiger partial charge on any atom is -0.491 e. The maximum absolute atomic E-state index is 12.4. The highest BCUT2D eigenvalue weighted by Crippen LogP contribution is 2.17. The van der Waals surface area contributed by atoms with Crippen molar-refractivity contribution in [2.45, 2.75) is 18.4 Å². The Morgan fingerprint density at radius 2 is 1.74 bits per heavy atom. The van der Waals surface area contributed by atoms with E-state index in [0.29, 0.717) is 42.6 Å². The van der Waals surface area contributed by atoms with Crippen molar-refractivity contribution in [1.29, 1.82) is 0 Å². The highest BCUT2D eigenvalue weighted by Gasteiger charge is 2.15. The van der Waals surface area contributed by atoms with Crippen LogP contribution in [0.15, 0.2) is 76.2 Å². The topological polar surface area (TPSA) is 107 Å². The van der Waals surface area contributed by atoms with Gasteiger partial charge in [0.25, 0.3) is 5.91 Å². The van der Waals surface area contributed by atoms with Crippen LogP contribution in [0.1, 0.15) is 23.0 Å². The molecular formula is C22H24N2O6S. The lowest BCUT2D eigenvalue weighted by molar-refractivity contribution is 0.102. The van der Waals surface area contributed by atoms with Gasteiger partial charge in [-0.2, -0.15) is 0 Å². The summed E-state index contributed by atoms with van der Waals surface area (Å²) in [5.41, 5.74) is 0.931. The lowest BCUT2D eigenvalue weighted by Crippen LogP contribution is -2.23. The van der Waals surface area contributed by atoms with Crippen LogP contribution in [0.3, 0.4) is 0 Å². The molecule has 3 rings (SSSR count). The van der Waals surface area contributed by atoms with E-state index in [1.165, 1.54) is 30.5 Å². The molecule has 0 spiro atoms. The molecule has 1 aromatic heterocycles. The normalized spacial score (nSPS) is 11.3. The smallest absolute Gasteiger partial charge is 0.255 e. The summed E-state index contributed by atoms with van der Waals surface area (Å²) in [6.45, 7) is 3.54.